The lowest BCUT2D eigenvalue weighted by molar-refractivity contribution is 0.209. The zero-order chi connectivity index (χ0) is 17.8. The predicted octanol–water partition coefficient (Wildman–Crippen LogP) is 4.42. The van der Waals surface area contributed by atoms with Crippen LogP contribution in [0.4, 0.5) is 9.52 Å². The summed E-state index contributed by atoms with van der Waals surface area (Å²) in [7, 11) is 0. The number of piperidine rings is 1. The normalized spacial score (nSPS) is 15.9. The number of anilines is 1. The van der Waals surface area contributed by atoms with Gasteiger partial charge < -0.3 is 5.32 Å². The van der Waals surface area contributed by atoms with Crippen molar-refractivity contribution in [2.45, 2.75) is 25.4 Å². The second-order valence-electron chi connectivity index (χ2n) is 6.56. The van der Waals surface area contributed by atoms with Gasteiger partial charge in [0.1, 0.15) is 5.82 Å². The largest absolute Gasteiger partial charge is 0.359 e. The minimum absolute atomic E-state index is 0.222. The Morgan fingerprint density at radius 3 is 2.65 bits per heavy atom. The van der Waals surface area contributed by atoms with Crippen molar-refractivity contribution >= 4 is 16.5 Å². The van der Waals surface area contributed by atoms with Crippen LogP contribution in [0.2, 0.25) is 0 Å². The number of pyridine rings is 1. The molecule has 0 bridgehead atoms. The monoisotopic (exact) mass is 368 g/mol. The summed E-state index contributed by atoms with van der Waals surface area (Å²) >= 11 is 1.61. The van der Waals surface area contributed by atoms with Crippen molar-refractivity contribution in [2.24, 2.45) is 0 Å². The number of likely N-dealkylation sites (tertiary alicyclic amines) is 1. The van der Waals surface area contributed by atoms with Crippen molar-refractivity contribution in [3.05, 3.63) is 65.6 Å². The van der Waals surface area contributed by atoms with Crippen molar-refractivity contribution in [3.63, 3.8) is 0 Å². The molecule has 0 spiro atoms. The number of hydrogen-bond acceptors (Lipinski definition) is 5. The van der Waals surface area contributed by atoms with Crippen LogP contribution < -0.4 is 5.32 Å². The molecule has 2 aromatic heterocycles. The Morgan fingerprint density at radius 1 is 1.12 bits per heavy atom. The number of benzene rings is 1. The van der Waals surface area contributed by atoms with Crippen molar-refractivity contribution in [1.82, 2.24) is 14.9 Å². The van der Waals surface area contributed by atoms with Crippen LogP contribution in [0, 0.1) is 5.82 Å². The van der Waals surface area contributed by atoms with Gasteiger partial charge in [0.15, 0.2) is 5.13 Å². The van der Waals surface area contributed by atoms with Gasteiger partial charge in [-0.05, 0) is 49.2 Å². The maximum Gasteiger partial charge on any atom is 0.183 e. The molecule has 1 aliphatic rings. The molecule has 0 atom stereocenters. The Morgan fingerprint density at radius 2 is 1.92 bits per heavy atom. The molecule has 134 valence electrons. The number of nitrogens with zero attached hydrogens (tertiary/aromatic N) is 3. The molecule has 1 N–H and O–H groups in total. The van der Waals surface area contributed by atoms with Gasteiger partial charge in [-0.15, -0.1) is 11.3 Å². The number of nitrogens with one attached hydrogen (secondary N) is 1. The number of halogens is 1. The molecule has 26 heavy (non-hydrogen) atoms. The van der Waals surface area contributed by atoms with E-state index in [0.717, 1.165) is 54.6 Å². The molecule has 1 aliphatic heterocycles. The van der Waals surface area contributed by atoms with Gasteiger partial charge in [-0.25, -0.2) is 9.37 Å². The summed E-state index contributed by atoms with van der Waals surface area (Å²) in [5.74, 6) is -0.222. The molecule has 3 aromatic rings. The molecule has 0 radical (unpaired) electrons. The molecule has 4 rings (SSSR count). The highest BCUT2D eigenvalue weighted by atomic mass is 32.1. The Hall–Kier alpha value is -2.31. The summed E-state index contributed by atoms with van der Waals surface area (Å²) in [5, 5.41) is 6.51. The van der Waals surface area contributed by atoms with Crippen LogP contribution in [0.1, 0.15) is 18.5 Å². The molecule has 1 fully saturated rings. The zero-order valence-corrected chi connectivity index (χ0v) is 15.3. The van der Waals surface area contributed by atoms with E-state index in [0.29, 0.717) is 6.04 Å². The number of aromatic nitrogens is 2. The molecule has 4 nitrogen and oxygen atoms in total. The predicted molar refractivity (Wildman–Crippen MR) is 104 cm³/mol. The maximum atomic E-state index is 13.0. The Kier molecular flexibility index (Phi) is 5.22. The fourth-order valence-corrected chi connectivity index (χ4v) is 4.02. The van der Waals surface area contributed by atoms with E-state index in [-0.39, 0.29) is 5.82 Å². The first-order valence-electron chi connectivity index (χ1n) is 8.86. The van der Waals surface area contributed by atoms with E-state index in [1.54, 1.807) is 23.5 Å². The highest BCUT2D eigenvalue weighted by molar-refractivity contribution is 7.14. The summed E-state index contributed by atoms with van der Waals surface area (Å²) in [6.45, 7) is 3.04. The van der Waals surface area contributed by atoms with E-state index in [1.165, 1.54) is 12.1 Å². The zero-order valence-electron chi connectivity index (χ0n) is 14.4. The summed E-state index contributed by atoms with van der Waals surface area (Å²) < 4.78 is 13.0. The van der Waals surface area contributed by atoms with Crippen LogP contribution in [0.25, 0.3) is 11.3 Å². The van der Waals surface area contributed by atoms with E-state index >= 15 is 0 Å². The molecule has 6 heteroatoms. The summed E-state index contributed by atoms with van der Waals surface area (Å²) in [6, 6.07) is 13.0. The average Bonchev–Trinajstić information content (AvgIpc) is 3.13. The Balaban J connectivity index is 1.30. The first-order chi connectivity index (χ1) is 12.8. The first-order valence-corrected chi connectivity index (χ1v) is 9.74. The summed E-state index contributed by atoms with van der Waals surface area (Å²) in [4.78, 5) is 11.5. The van der Waals surface area contributed by atoms with Crippen LogP contribution in [-0.2, 0) is 6.54 Å². The van der Waals surface area contributed by atoms with Crippen molar-refractivity contribution in [3.8, 4) is 11.3 Å². The lowest BCUT2D eigenvalue weighted by Crippen LogP contribution is -2.38. The van der Waals surface area contributed by atoms with Gasteiger partial charge in [0.25, 0.3) is 0 Å². The van der Waals surface area contributed by atoms with Crippen LogP contribution in [0.5, 0.6) is 0 Å². The fraction of sp³-hybridized carbons (Fsp3) is 0.300. The second kappa shape index (κ2) is 7.93. The summed E-state index contributed by atoms with van der Waals surface area (Å²) in [6.07, 6.45) is 4.04. The number of thiazole rings is 1. The standard InChI is InChI=1S/C20H21FN4S/c21-16-6-4-15(5-7-16)19-14-26-20(24-19)23-17-8-11-25(12-9-17)13-18-3-1-2-10-22-18/h1-7,10,14,17H,8-9,11-13H2,(H,23,24). The van der Waals surface area contributed by atoms with Crippen molar-refractivity contribution in [2.75, 3.05) is 18.4 Å². The van der Waals surface area contributed by atoms with Crippen LogP contribution >= 0.6 is 11.3 Å². The molecular formula is C20H21FN4S. The molecular weight excluding hydrogens is 347 g/mol. The number of hydrogen-bond donors (Lipinski definition) is 1. The lowest BCUT2D eigenvalue weighted by atomic mass is 10.1. The van der Waals surface area contributed by atoms with E-state index in [1.807, 2.05) is 23.7 Å². The number of rotatable bonds is 5. The molecule has 0 unspecified atom stereocenters. The van der Waals surface area contributed by atoms with Gasteiger partial charge in [0.2, 0.25) is 0 Å². The van der Waals surface area contributed by atoms with E-state index < -0.39 is 0 Å². The molecule has 3 heterocycles. The topological polar surface area (TPSA) is 41.0 Å². The molecule has 1 aromatic carbocycles. The van der Waals surface area contributed by atoms with E-state index in [9.17, 15) is 4.39 Å². The lowest BCUT2D eigenvalue weighted by Gasteiger charge is -2.32. The summed E-state index contributed by atoms with van der Waals surface area (Å²) in [5.41, 5.74) is 2.97. The first kappa shape index (κ1) is 17.1. The van der Waals surface area contributed by atoms with Crippen molar-refractivity contribution < 1.29 is 4.39 Å². The molecule has 0 saturated carbocycles. The second-order valence-corrected chi connectivity index (χ2v) is 7.42. The third kappa shape index (κ3) is 4.26. The minimum Gasteiger partial charge on any atom is -0.359 e. The highest BCUT2D eigenvalue weighted by Gasteiger charge is 2.20. The highest BCUT2D eigenvalue weighted by Crippen LogP contribution is 2.27. The Labute approximate surface area is 156 Å². The van der Waals surface area contributed by atoms with Gasteiger partial charge in [-0.2, -0.15) is 0 Å². The van der Waals surface area contributed by atoms with Gasteiger partial charge >= 0.3 is 0 Å². The van der Waals surface area contributed by atoms with Gasteiger partial charge in [0.05, 0.1) is 11.4 Å². The molecule has 0 aliphatic carbocycles. The quantitative estimate of drug-likeness (QED) is 0.724. The van der Waals surface area contributed by atoms with Gasteiger partial charge in [-0.1, -0.05) is 6.07 Å². The van der Waals surface area contributed by atoms with Gasteiger partial charge in [0, 0.05) is 42.8 Å². The average molecular weight is 368 g/mol. The third-order valence-electron chi connectivity index (χ3n) is 4.67. The molecule has 1 saturated heterocycles. The Bertz CT molecular complexity index is 827. The van der Waals surface area contributed by atoms with Crippen molar-refractivity contribution in [1.29, 1.82) is 0 Å². The third-order valence-corrected chi connectivity index (χ3v) is 5.44. The SMILES string of the molecule is Fc1ccc(-c2csc(NC3CCN(Cc4ccccn4)CC3)n2)cc1. The smallest absolute Gasteiger partial charge is 0.183 e. The fourth-order valence-electron chi connectivity index (χ4n) is 3.22. The van der Waals surface area contributed by atoms with Gasteiger partial charge in [-0.3, -0.25) is 9.88 Å². The van der Waals surface area contributed by atoms with E-state index in [4.69, 9.17) is 0 Å². The van der Waals surface area contributed by atoms with Crippen LogP contribution in [-0.4, -0.2) is 34.0 Å². The molecule has 0 amide bonds. The maximum absolute atomic E-state index is 13.0. The minimum atomic E-state index is -0.222. The van der Waals surface area contributed by atoms with Crippen LogP contribution in [0.15, 0.2) is 54.0 Å². The van der Waals surface area contributed by atoms with Crippen LogP contribution in [0.3, 0.4) is 0 Å². The van der Waals surface area contributed by atoms with E-state index in [2.05, 4.69) is 26.3 Å².